The van der Waals surface area contributed by atoms with Gasteiger partial charge in [-0.15, -0.1) is 0 Å². The first kappa shape index (κ1) is 12.5. The smallest absolute Gasteiger partial charge is 0.256 e. The maximum Gasteiger partial charge on any atom is 0.256 e. The molecule has 0 saturated heterocycles. The van der Waals surface area contributed by atoms with Crippen LogP contribution in [0.3, 0.4) is 0 Å². The van der Waals surface area contributed by atoms with E-state index < -0.39 is 0 Å². The van der Waals surface area contributed by atoms with Crippen LogP contribution in [0.2, 0.25) is 5.02 Å². The molecule has 18 heavy (non-hydrogen) atoms. The highest BCUT2D eigenvalue weighted by Crippen LogP contribution is 2.12. The van der Waals surface area contributed by atoms with E-state index in [1.54, 1.807) is 42.5 Å². The fraction of sp³-hybridized carbons (Fsp3) is 0.0769. The number of pyridine rings is 1. The van der Waals surface area contributed by atoms with Crippen LogP contribution in [0.1, 0.15) is 16.1 Å². The molecule has 0 aliphatic heterocycles. The monoisotopic (exact) mass is 262 g/mol. The predicted octanol–water partition coefficient (Wildman–Crippen LogP) is 2.48. The Morgan fingerprint density at radius 3 is 2.78 bits per heavy atom. The number of anilines is 1. The van der Waals surface area contributed by atoms with E-state index in [1.807, 2.05) is 0 Å². The average molecular weight is 263 g/mol. The van der Waals surface area contributed by atoms with Crippen LogP contribution in [0.5, 0.6) is 0 Å². The number of carbonyl (C=O) groups excluding carboxylic acids is 1. The lowest BCUT2D eigenvalue weighted by Gasteiger charge is -2.05. The Balaban J connectivity index is 2.16. The molecule has 4 nitrogen and oxygen atoms in total. The minimum atomic E-state index is -0.292. The Bertz CT molecular complexity index is 572. The zero-order chi connectivity index (χ0) is 13.0. The Morgan fingerprint density at radius 1 is 1.28 bits per heavy atom. The van der Waals surface area contributed by atoms with E-state index in [0.717, 1.165) is 0 Å². The van der Waals surface area contributed by atoms with Gasteiger partial charge >= 0.3 is 0 Å². The molecular formula is C13H11ClN2O2. The van der Waals surface area contributed by atoms with Crippen LogP contribution < -0.4 is 5.32 Å². The Labute approximate surface area is 109 Å². The number of aromatic nitrogens is 1. The second-order valence-corrected chi connectivity index (χ2v) is 4.07. The summed E-state index contributed by atoms with van der Waals surface area (Å²) in [4.78, 5) is 16.0. The van der Waals surface area contributed by atoms with Crippen molar-refractivity contribution in [3.8, 4) is 0 Å². The Kier molecular flexibility index (Phi) is 3.92. The molecule has 0 bridgehead atoms. The van der Waals surface area contributed by atoms with Crippen LogP contribution in [0.25, 0.3) is 0 Å². The summed E-state index contributed by atoms with van der Waals surface area (Å²) in [6, 6.07) is 11.7. The third-order valence-corrected chi connectivity index (χ3v) is 2.53. The minimum absolute atomic E-state index is 0.166. The topological polar surface area (TPSA) is 62.2 Å². The van der Waals surface area contributed by atoms with E-state index in [2.05, 4.69) is 10.3 Å². The highest BCUT2D eigenvalue weighted by atomic mass is 35.5. The molecular weight excluding hydrogens is 252 g/mol. The van der Waals surface area contributed by atoms with Gasteiger partial charge in [-0.1, -0.05) is 23.7 Å². The van der Waals surface area contributed by atoms with E-state index in [0.29, 0.717) is 22.1 Å². The molecule has 1 amide bonds. The number of rotatable bonds is 3. The number of benzene rings is 1. The van der Waals surface area contributed by atoms with Gasteiger partial charge in [0.1, 0.15) is 5.82 Å². The van der Waals surface area contributed by atoms with E-state index >= 15 is 0 Å². The lowest BCUT2D eigenvalue weighted by Crippen LogP contribution is -2.13. The van der Waals surface area contributed by atoms with Gasteiger partial charge in [0.15, 0.2) is 0 Å². The van der Waals surface area contributed by atoms with Crippen molar-refractivity contribution in [3.05, 3.63) is 58.7 Å². The highest BCUT2D eigenvalue weighted by Gasteiger charge is 2.07. The molecule has 0 aliphatic rings. The maximum atomic E-state index is 11.9. The molecule has 1 heterocycles. The Hall–Kier alpha value is -1.91. The van der Waals surface area contributed by atoms with E-state index in [-0.39, 0.29) is 12.5 Å². The predicted molar refractivity (Wildman–Crippen MR) is 69.6 cm³/mol. The van der Waals surface area contributed by atoms with Gasteiger partial charge in [-0.2, -0.15) is 0 Å². The van der Waals surface area contributed by atoms with Crippen molar-refractivity contribution >= 4 is 23.3 Å². The van der Waals surface area contributed by atoms with Crippen LogP contribution in [-0.2, 0) is 6.61 Å². The largest absolute Gasteiger partial charge is 0.390 e. The first-order chi connectivity index (χ1) is 8.69. The Morgan fingerprint density at radius 2 is 2.06 bits per heavy atom. The maximum absolute atomic E-state index is 11.9. The van der Waals surface area contributed by atoms with Gasteiger partial charge in [-0.25, -0.2) is 4.98 Å². The number of hydrogen-bond donors (Lipinski definition) is 2. The van der Waals surface area contributed by atoms with Gasteiger partial charge in [0.2, 0.25) is 0 Å². The van der Waals surface area contributed by atoms with Crippen molar-refractivity contribution in [1.29, 1.82) is 0 Å². The SMILES string of the molecule is O=C(Nc1cccc(CO)n1)c1cccc(Cl)c1. The third-order valence-electron chi connectivity index (χ3n) is 2.30. The molecule has 5 heteroatoms. The van der Waals surface area contributed by atoms with Gasteiger partial charge in [-0.05, 0) is 30.3 Å². The number of carbonyl (C=O) groups is 1. The fourth-order valence-corrected chi connectivity index (χ4v) is 1.65. The lowest BCUT2D eigenvalue weighted by molar-refractivity contribution is 0.102. The molecule has 2 N–H and O–H groups in total. The molecule has 0 spiro atoms. The second-order valence-electron chi connectivity index (χ2n) is 3.64. The summed E-state index contributed by atoms with van der Waals surface area (Å²) in [7, 11) is 0. The molecule has 0 atom stereocenters. The summed E-state index contributed by atoms with van der Waals surface area (Å²) in [5.74, 6) is 0.103. The van der Waals surface area contributed by atoms with Crippen molar-refractivity contribution in [1.82, 2.24) is 4.98 Å². The van der Waals surface area contributed by atoms with E-state index in [1.165, 1.54) is 0 Å². The lowest BCUT2D eigenvalue weighted by atomic mass is 10.2. The number of halogens is 1. The summed E-state index contributed by atoms with van der Waals surface area (Å²) >= 11 is 5.81. The summed E-state index contributed by atoms with van der Waals surface area (Å²) in [5.41, 5.74) is 0.956. The van der Waals surface area contributed by atoms with E-state index in [4.69, 9.17) is 16.7 Å². The second kappa shape index (κ2) is 5.62. The molecule has 0 unspecified atom stereocenters. The van der Waals surface area contributed by atoms with Gasteiger partial charge < -0.3 is 10.4 Å². The third kappa shape index (κ3) is 3.06. The molecule has 1 aromatic heterocycles. The molecule has 2 rings (SSSR count). The van der Waals surface area contributed by atoms with Crippen molar-refractivity contribution in [3.63, 3.8) is 0 Å². The number of aliphatic hydroxyl groups is 1. The van der Waals surface area contributed by atoms with E-state index in [9.17, 15) is 4.79 Å². The minimum Gasteiger partial charge on any atom is -0.390 e. The molecule has 1 aromatic carbocycles. The van der Waals surface area contributed by atoms with Crippen molar-refractivity contribution in [2.75, 3.05) is 5.32 Å². The summed E-state index contributed by atoms with van der Waals surface area (Å²) < 4.78 is 0. The van der Waals surface area contributed by atoms with Crippen LogP contribution in [0, 0.1) is 0 Å². The summed E-state index contributed by atoms with van der Waals surface area (Å²) in [6.07, 6.45) is 0. The molecule has 0 radical (unpaired) electrons. The number of hydrogen-bond acceptors (Lipinski definition) is 3. The summed E-state index contributed by atoms with van der Waals surface area (Å²) in [5, 5.41) is 12.1. The van der Waals surface area contributed by atoms with Crippen LogP contribution in [0.4, 0.5) is 5.82 Å². The summed E-state index contributed by atoms with van der Waals surface area (Å²) in [6.45, 7) is -0.166. The molecule has 92 valence electrons. The van der Waals surface area contributed by atoms with Gasteiger partial charge in [0.25, 0.3) is 5.91 Å². The molecule has 0 fully saturated rings. The van der Waals surface area contributed by atoms with Crippen molar-refractivity contribution < 1.29 is 9.90 Å². The first-order valence-corrected chi connectivity index (χ1v) is 5.70. The van der Waals surface area contributed by atoms with Gasteiger partial charge in [0.05, 0.1) is 12.3 Å². The number of aliphatic hydroxyl groups excluding tert-OH is 1. The number of nitrogens with one attached hydrogen (secondary N) is 1. The van der Waals surface area contributed by atoms with Crippen LogP contribution in [-0.4, -0.2) is 16.0 Å². The average Bonchev–Trinajstić information content (AvgIpc) is 2.39. The standard InChI is InChI=1S/C13H11ClN2O2/c14-10-4-1-3-9(7-10)13(18)16-12-6-2-5-11(8-17)15-12/h1-7,17H,8H2,(H,15,16,18). The molecule has 2 aromatic rings. The number of amides is 1. The van der Waals surface area contributed by atoms with Crippen molar-refractivity contribution in [2.24, 2.45) is 0 Å². The van der Waals surface area contributed by atoms with Crippen molar-refractivity contribution in [2.45, 2.75) is 6.61 Å². The van der Waals surface area contributed by atoms with Gasteiger partial charge in [-0.3, -0.25) is 4.79 Å². The quantitative estimate of drug-likeness (QED) is 0.893. The highest BCUT2D eigenvalue weighted by molar-refractivity contribution is 6.31. The van der Waals surface area contributed by atoms with Crippen LogP contribution >= 0.6 is 11.6 Å². The molecule has 0 aliphatic carbocycles. The zero-order valence-corrected chi connectivity index (χ0v) is 10.2. The fourth-order valence-electron chi connectivity index (χ4n) is 1.46. The van der Waals surface area contributed by atoms with Gasteiger partial charge in [0, 0.05) is 10.6 Å². The normalized spacial score (nSPS) is 10.1. The van der Waals surface area contributed by atoms with Crippen LogP contribution in [0.15, 0.2) is 42.5 Å². The number of nitrogens with zero attached hydrogens (tertiary/aromatic N) is 1. The zero-order valence-electron chi connectivity index (χ0n) is 9.43. The molecule has 0 saturated carbocycles. The first-order valence-electron chi connectivity index (χ1n) is 5.33.